The highest BCUT2D eigenvalue weighted by Gasteiger charge is 2.26. The number of rotatable bonds is 4. The molecule has 3 rings (SSSR count). The Morgan fingerprint density at radius 1 is 1.36 bits per heavy atom. The number of amides is 2. The van der Waals surface area contributed by atoms with E-state index in [-0.39, 0.29) is 23.4 Å². The first-order chi connectivity index (χ1) is 10.7. The van der Waals surface area contributed by atoms with Gasteiger partial charge in [0.25, 0.3) is 11.8 Å². The van der Waals surface area contributed by atoms with Crippen LogP contribution in [-0.2, 0) is 0 Å². The van der Waals surface area contributed by atoms with Crippen molar-refractivity contribution in [2.24, 2.45) is 5.92 Å². The lowest BCUT2D eigenvalue weighted by atomic mass is 9.97. The van der Waals surface area contributed by atoms with Crippen LogP contribution in [0.1, 0.15) is 33.9 Å². The Kier molecular flexibility index (Phi) is 4.22. The van der Waals surface area contributed by atoms with E-state index >= 15 is 0 Å². The molecule has 1 N–H and O–H groups in total. The van der Waals surface area contributed by atoms with Crippen molar-refractivity contribution in [3.63, 3.8) is 0 Å². The van der Waals surface area contributed by atoms with Gasteiger partial charge in [-0.05, 0) is 30.9 Å². The quantitative estimate of drug-likeness (QED) is 0.925. The fourth-order valence-electron chi connectivity index (χ4n) is 2.63. The number of furan rings is 1. The number of carbonyl (C=O) groups is 2. The molecule has 7 heteroatoms. The zero-order valence-corrected chi connectivity index (χ0v) is 12.0. The summed E-state index contributed by atoms with van der Waals surface area (Å²) >= 11 is 0. The lowest BCUT2D eigenvalue weighted by molar-refractivity contribution is 0.0639. The van der Waals surface area contributed by atoms with Crippen LogP contribution in [0, 0.1) is 5.92 Å². The van der Waals surface area contributed by atoms with Gasteiger partial charge in [-0.15, -0.1) is 0 Å². The summed E-state index contributed by atoms with van der Waals surface area (Å²) < 4.78 is 9.79. The van der Waals surface area contributed by atoms with Crippen molar-refractivity contribution in [2.75, 3.05) is 19.6 Å². The zero-order valence-electron chi connectivity index (χ0n) is 12.0. The molecule has 0 radical (unpaired) electrons. The van der Waals surface area contributed by atoms with Crippen LogP contribution in [0.25, 0.3) is 0 Å². The molecule has 3 heterocycles. The van der Waals surface area contributed by atoms with E-state index in [0.717, 1.165) is 12.8 Å². The highest BCUT2D eigenvalue weighted by molar-refractivity contribution is 5.92. The Hall–Kier alpha value is -2.57. The summed E-state index contributed by atoms with van der Waals surface area (Å²) in [4.78, 5) is 25.8. The van der Waals surface area contributed by atoms with E-state index in [0.29, 0.717) is 25.4 Å². The third-order valence-electron chi connectivity index (χ3n) is 3.76. The summed E-state index contributed by atoms with van der Waals surface area (Å²) in [5.74, 6) is 0.219. The Morgan fingerprint density at radius 2 is 2.27 bits per heavy atom. The van der Waals surface area contributed by atoms with E-state index in [4.69, 9.17) is 4.42 Å². The van der Waals surface area contributed by atoms with Crippen LogP contribution < -0.4 is 5.32 Å². The van der Waals surface area contributed by atoms with Gasteiger partial charge in [-0.2, -0.15) is 0 Å². The van der Waals surface area contributed by atoms with Crippen LogP contribution >= 0.6 is 0 Å². The van der Waals surface area contributed by atoms with Gasteiger partial charge in [-0.1, -0.05) is 5.16 Å². The lowest BCUT2D eigenvalue weighted by Crippen LogP contribution is -2.43. The Labute approximate surface area is 127 Å². The first kappa shape index (κ1) is 14.4. The van der Waals surface area contributed by atoms with Crippen molar-refractivity contribution < 1.29 is 18.5 Å². The van der Waals surface area contributed by atoms with Gasteiger partial charge in [-0.25, -0.2) is 0 Å². The van der Waals surface area contributed by atoms with E-state index in [1.165, 1.54) is 18.6 Å². The van der Waals surface area contributed by atoms with Crippen molar-refractivity contribution in [3.05, 3.63) is 42.2 Å². The lowest BCUT2D eigenvalue weighted by Gasteiger charge is -2.32. The van der Waals surface area contributed by atoms with Gasteiger partial charge in [0.15, 0.2) is 11.5 Å². The van der Waals surface area contributed by atoms with Gasteiger partial charge in [0.2, 0.25) is 0 Å². The normalized spacial score (nSPS) is 18.2. The fraction of sp³-hybridized carbons (Fsp3) is 0.400. The van der Waals surface area contributed by atoms with Gasteiger partial charge < -0.3 is 19.2 Å². The molecule has 2 amide bonds. The number of hydrogen-bond acceptors (Lipinski definition) is 5. The van der Waals surface area contributed by atoms with Crippen LogP contribution in [0.15, 0.2) is 39.7 Å². The van der Waals surface area contributed by atoms with Gasteiger partial charge in [0, 0.05) is 25.7 Å². The molecule has 1 unspecified atom stereocenters. The van der Waals surface area contributed by atoms with Gasteiger partial charge >= 0.3 is 0 Å². The first-order valence-electron chi connectivity index (χ1n) is 7.25. The molecule has 1 saturated heterocycles. The van der Waals surface area contributed by atoms with E-state index in [1.54, 1.807) is 17.0 Å². The number of aromatic nitrogens is 1. The number of nitrogens with zero attached hydrogens (tertiary/aromatic N) is 2. The molecule has 0 saturated carbocycles. The largest absolute Gasteiger partial charge is 0.459 e. The highest BCUT2D eigenvalue weighted by Crippen LogP contribution is 2.18. The third kappa shape index (κ3) is 3.19. The smallest absolute Gasteiger partial charge is 0.289 e. The van der Waals surface area contributed by atoms with E-state index in [1.807, 2.05) is 0 Å². The topological polar surface area (TPSA) is 88.6 Å². The average Bonchev–Trinajstić information content (AvgIpc) is 3.25. The fourth-order valence-corrected chi connectivity index (χ4v) is 2.63. The van der Waals surface area contributed by atoms with Crippen molar-refractivity contribution in [2.45, 2.75) is 12.8 Å². The SMILES string of the molecule is O=C(NCC1CCCN(C(=O)c2ccco2)C1)c1ccon1. The average molecular weight is 303 g/mol. The summed E-state index contributed by atoms with van der Waals surface area (Å²) in [6, 6.07) is 4.88. The highest BCUT2D eigenvalue weighted by atomic mass is 16.5. The minimum absolute atomic E-state index is 0.0995. The second kappa shape index (κ2) is 6.46. The molecule has 2 aromatic rings. The van der Waals surface area contributed by atoms with Crippen molar-refractivity contribution >= 4 is 11.8 Å². The number of hydrogen-bond donors (Lipinski definition) is 1. The zero-order chi connectivity index (χ0) is 15.4. The molecule has 0 spiro atoms. The van der Waals surface area contributed by atoms with Gasteiger partial charge in [-0.3, -0.25) is 9.59 Å². The molecule has 0 bridgehead atoms. The van der Waals surface area contributed by atoms with E-state index < -0.39 is 0 Å². The maximum atomic E-state index is 12.3. The monoisotopic (exact) mass is 303 g/mol. The van der Waals surface area contributed by atoms with E-state index in [2.05, 4.69) is 15.0 Å². The number of nitrogens with one attached hydrogen (secondary N) is 1. The van der Waals surface area contributed by atoms with Crippen LogP contribution in [0.3, 0.4) is 0 Å². The molecule has 22 heavy (non-hydrogen) atoms. The minimum Gasteiger partial charge on any atom is -0.459 e. The molecular formula is C15H17N3O4. The minimum atomic E-state index is -0.261. The van der Waals surface area contributed by atoms with Gasteiger partial charge in [0.05, 0.1) is 6.26 Å². The summed E-state index contributed by atoms with van der Waals surface area (Å²) in [5.41, 5.74) is 0.263. The standard InChI is InChI=1S/C15H17N3O4/c19-14(12-5-8-22-17-12)16-9-11-3-1-6-18(10-11)15(20)13-4-2-7-21-13/h2,4-5,7-8,11H,1,3,6,9-10H2,(H,16,19). The molecule has 1 atom stereocenters. The maximum Gasteiger partial charge on any atom is 0.289 e. The van der Waals surface area contributed by atoms with Crippen molar-refractivity contribution in [1.82, 2.24) is 15.4 Å². The molecule has 0 aliphatic carbocycles. The summed E-state index contributed by atoms with van der Waals surface area (Å²) in [6.45, 7) is 1.83. The summed E-state index contributed by atoms with van der Waals surface area (Å²) in [7, 11) is 0. The Balaban J connectivity index is 1.52. The predicted octanol–water partition coefficient (Wildman–Crippen LogP) is 1.55. The van der Waals surface area contributed by atoms with Crippen LogP contribution in [0.5, 0.6) is 0 Å². The number of carbonyl (C=O) groups excluding carboxylic acids is 2. The molecule has 2 aromatic heterocycles. The van der Waals surface area contributed by atoms with E-state index in [9.17, 15) is 9.59 Å². The summed E-state index contributed by atoms with van der Waals surface area (Å²) in [6.07, 6.45) is 4.74. The second-order valence-corrected chi connectivity index (χ2v) is 5.33. The van der Waals surface area contributed by atoms with Crippen molar-refractivity contribution in [1.29, 1.82) is 0 Å². The second-order valence-electron chi connectivity index (χ2n) is 5.33. The Morgan fingerprint density at radius 3 is 3.00 bits per heavy atom. The molecular weight excluding hydrogens is 286 g/mol. The Bertz CT molecular complexity index is 621. The molecule has 1 aliphatic rings. The van der Waals surface area contributed by atoms with Crippen LogP contribution in [0.2, 0.25) is 0 Å². The number of likely N-dealkylation sites (tertiary alicyclic amines) is 1. The maximum absolute atomic E-state index is 12.3. The van der Waals surface area contributed by atoms with Crippen molar-refractivity contribution in [3.8, 4) is 0 Å². The summed E-state index contributed by atoms with van der Waals surface area (Å²) in [5, 5.41) is 6.42. The molecule has 1 fully saturated rings. The first-order valence-corrected chi connectivity index (χ1v) is 7.25. The molecule has 1 aliphatic heterocycles. The molecule has 116 valence electrons. The van der Waals surface area contributed by atoms with Gasteiger partial charge in [0.1, 0.15) is 6.26 Å². The third-order valence-corrected chi connectivity index (χ3v) is 3.76. The molecule has 0 aromatic carbocycles. The van der Waals surface area contributed by atoms with Crippen LogP contribution in [0.4, 0.5) is 0 Å². The molecule has 7 nitrogen and oxygen atoms in total. The predicted molar refractivity (Wildman–Crippen MR) is 76.2 cm³/mol. The number of piperidine rings is 1. The van der Waals surface area contributed by atoms with Crippen LogP contribution in [-0.4, -0.2) is 41.5 Å².